The molecule has 15 heavy (non-hydrogen) atoms. The van der Waals surface area contributed by atoms with Gasteiger partial charge in [0.2, 0.25) is 5.91 Å². The van der Waals surface area contributed by atoms with Gasteiger partial charge in [0.05, 0.1) is 0 Å². The first-order valence-corrected chi connectivity index (χ1v) is 6.29. The van der Waals surface area contributed by atoms with Crippen molar-refractivity contribution in [3.05, 3.63) is 0 Å². The maximum absolute atomic E-state index is 11.6. The summed E-state index contributed by atoms with van der Waals surface area (Å²) in [6, 6.07) is 1.11. The molecule has 2 N–H and O–H groups in total. The lowest BCUT2D eigenvalue weighted by molar-refractivity contribution is -0.127. The maximum atomic E-state index is 11.6. The van der Waals surface area contributed by atoms with Crippen LogP contribution in [0.25, 0.3) is 0 Å². The van der Waals surface area contributed by atoms with Gasteiger partial charge in [-0.2, -0.15) is 0 Å². The van der Waals surface area contributed by atoms with Crippen molar-refractivity contribution in [2.45, 2.75) is 57.5 Å². The molecule has 0 aromatic carbocycles. The third-order valence-electron chi connectivity index (χ3n) is 3.71. The Morgan fingerprint density at radius 1 is 1.27 bits per heavy atom. The molecule has 86 valence electrons. The van der Waals surface area contributed by atoms with Gasteiger partial charge in [-0.1, -0.05) is 12.8 Å². The minimum Gasteiger partial charge on any atom is -0.354 e. The molecule has 0 radical (unpaired) electrons. The van der Waals surface area contributed by atoms with Gasteiger partial charge in [-0.25, -0.2) is 0 Å². The summed E-state index contributed by atoms with van der Waals surface area (Å²) in [5.41, 5.74) is 0. The summed E-state index contributed by atoms with van der Waals surface area (Å²) in [5, 5.41) is 6.61. The molecule has 2 unspecified atom stereocenters. The van der Waals surface area contributed by atoms with Crippen LogP contribution >= 0.6 is 0 Å². The minimum atomic E-state index is 0.279. The fraction of sp³-hybridized carbons (Fsp3) is 0.917. The number of amides is 1. The average molecular weight is 210 g/mol. The van der Waals surface area contributed by atoms with Crippen LogP contribution in [-0.4, -0.2) is 24.5 Å². The van der Waals surface area contributed by atoms with Crippen molar-refractivity contribution in [2.24, 2.45) is 5.92 Å². The van der Waals surface area contributed by atoms with Crippen molar-refractivity contribution in [3.8, 4) is 0 Å². The Morgan fingerprint density at radius 3 is 2.60 bits per heavy atom. The second kappa shape index (κ2) is 4.97. The molecule has 1 heterocycles. The summed E-state index contributed by atoms with van der Waals surface area (Å²) in [5.74, 6) is 0.604. The Hall–Kier alpha value is -0.570. The van der Waals surface area contributed by atoms with Crippen LogP contribution in [0.15, 0.2) is 0 Å². The highest BCUT2D eigenvalue weighted by molar-refractivity contribution is 5.79. The molecule has 2 rings (SSSR count). The molecule has 1 saturated carbocycles. The van der Waals surface area contributed by atoms with Gasteiger partial charge in [0, 0.05) is 24.5 Å². The van der Waals surface area contributed by atoms with Crippen LogP contribution in [0, 0.1) is 5.92 Å². The van der Waals surface area contributed by atoms with E-state index in [9.17, 15) is 4.79 Å². The largest absolute Gasteiger partial charge is 0.354 e. The molecule has 2 aliphatic rings. The standard InChI is InChI=1S/C12H22N2O/c1-9-4-2-7-11(14-9)8-13-12(15)10-5-3-6-10/h9-11,14H,2-8H2,1H3,(H,13,15). The summed E-state index contributed by atoms with van der Waals surface area (Å²) in [6.07, 6.45) is 7.19. The van der Waals surface area contributed by atoms with Crippen LogP contribution < -0.4 is 10.6 Å². The van der Waals surface area contributed by atoms with E-state index in [1.165, 1.54) is 25.7 Å². The van der Waals surface area contributed by atoms with Gasteiger partial charge in [-0.05, 0) is 32.6 Å². The normalized spacial score (nSPS) is 32.1. The molecule has 0 spiro atoms. The zero-order valence-electron chi connectivity index (χ0n) is 9.59. The van der Waals surface area contributed by atoms with E-state index in [1.54, 1.807) is 0 Å². The van der Waals surface area contributed by atoms with Crippen molar-refractivity contribution < 1.29 is 4.79 Å². The van der Waals surface area contributed by atoms with E-state index in [0.29, 0.717) is 18.0 Å². The number of hydrogen-bond acceptors (Lipinski definition) is 2. The van der Waals surface area contributed by atoms with E-state index in [-0.39, 0.29) is 5.91 Å². The van der Waals surface area contributed by atoms with Crippen molar-refractivity contribution >= 4 is 5.91 Å². The lowest BCUT2D eigenvalue weighted by Gasteiger charge is -2.30. The van der Waals surface area contributed by atoms with Crippen LogP contribution in [-0.2, 0) is 4.79 Å². The number of piperidine rings is 1. The lowest BCUT2D eigenvalue weighted by atomic mass is 9.85. The highest BCUT2D eigenvalue weighted by Crippen LogP contribution is 2.26. The molecular formula is C12H22N2O. The van der Waals surface area contributed by atoms with E-state index in [4.69, 9.17) is 0 Å². The Morgan fingerprint density at radius 2 is 2.00 bits per heavy atom. The first-order chi connectivity index (χ1) is 7.25. The van der Waals surface area contributed by atoms with Crippen LogP contribution in [0.4, 0.5) is 0 Å². The highest BCUT2D eigenvalue weighted by Gasteiger charge is 2.26. The number of rotatable bonds is 3. The first-order valence-electron chi connectivity index (χ1n) is 6.29. The van der Waals surface area contributed by atoms with Gasteiger partial charge in [-0.3, -0.25) is 4.79 Å². The molecule has 0 aromatic heterocycles. The smallest absolute Gasteiger partial charge is 0.223 e. The summed E-state index contributed by atoms with van der Waals surface area (Å²) in [6.45, 7) is 3.04. The fourth-order valence-electron chi connectivity index (χ4n) is 2.44. The van der Waals surface area contributed by atoms with Gasteiger partial charge in [-0.15, -0.1) is 0 Å². The molecule has 2 fully saturated rings. The van der Waals surface area contributed by atoms with Crippen molar-refractivity contribution in [1.29, 1.82) is 0 Å². The van der Waals surface area contributed by atoms with E-state index in [0.717, 1.165) is 19.4 Å². The van der Waals surface area contributed by atoms with Crippen LogP contribution in [0.1, 0.15) is 45.4 Å². The summed E-state index contributed by atoms with van der Waals surface area (Å²) < 4.78 is 0. The van der Waals surface area contributed by atoms with Gasteiger partial charge < -0.3 is 10.6 Å². The third-order valence-corrected chi connectivity index (χ3v) is 3.71. The van der Waals surface area contributed by atoms with E-state index < -0.39 is 0 Å². The monoisotopic (exact) mass is 210 g/mol. The molecular weight excluding hydrogens is 188 g/mol. The molecule has 1 aliphatic carbocycles. The molecule has 3 heteroatoms. The minimum absolute atomic E-state index is 0.279. The molecule has 3 nitrogen and oxygen atoms in total. The molecule has 1 amide bonds. The summed E-state index contributed by atoms with van der Waals surface area (Å²) >= 11 is 0. The molecule has 2 atom stereocenters. The second-order valence-electron chi connectivity index (χ2n) is 5.07. The van der Waals surface area contributed by atoms with Gasteiger partial charge >= 0.3 is 0 Å². The van der Waals surface area contributed by atoms with Crippen molar-refractivity contribution in [2.75, 3.05) is 6.54 Å². The Kier molecular flexibility index (Phi) is 3.62. The van der Waals surface area contributed by atoms with E-state index >= 15 is 0 Å². The highest BCUT2D eigenvalue weighted by atomic mass is 16.1. The lowest BCUT2D eigenvalue weighted by Crippen LogP contribution is -2.48. The second-order valence-corrected chi connectivity index (χ2v) is 5.07. The van der Waals surface area contributed by atoms with E-state index in [1.807, 2.05) is 0 Å². The molecule has 0 aromatic rings. The zero-order chi connectivity index (χ0) is 10.7. The quantitative estimate of drug-likeness (QED) is 0.740. The maximum Gasteiger partial charge on any atom is 0.223 e. The summed E-state index contributed by atoms with van der Waals surface area (Å²) in [7, 11) is 0. The van der Waals surface area contributed by atoms with E-state index in [2.05, 4.69) is 17.6 Å². The van der Waals surface area contributed by atoms with Gasteiger partial charge in [0.15, 0.2) is 0 Å². The van der Waals surface area contributed by atoms with Crippen molar-refractivity contribution in [1.82, 2.24) is 10.6 Å². The number of carbonyl (C=O) groups is 1. The third kappa shape index (κ3) is 2.94. The van der Waals surface area contributed by atoms with Crippen LogP contribution in [0.3, 0.4) is 0 Å². The number of hydrogen-bond donors (Lipinski definition) is 2. The SMILES string of the molecule is CC1CCCC(CNC(=O)C2CCC2)N1. The fourth-order valence-corrected chi connectivity index (χ4v) is 2.44. The zero-order valence-corrected chi connectivity index (χ0v) is 9.59. The molecule has 1 aliphatic heterocycles. The van der Waals surface area contributed by atoms with Gasteiger partial charge in [0.25, 0.3) is 0 Å². The first kappa shape index (κ1) is 10.9. The summed E-state index contributed by atoms with van der Waals surface area (Å²) in [4.78, 5) is 11.6. The molecule has 1 saturated heterocycles. The molecule has 0 bridgehead atoms. The van der Waals surface area contributed by atoms with Crippen LogP contribution in [0.5, 0.6) is 0 Å². The van der Waals surface area contributed by atoms with Gasteiger partial charge in [0.1, 0.15) is 0 Å². The average Bonchev–Trinajstić information content (AvgIpc) is 2.12. The topological polar surface area (TPSA) is 41.1 Å². The number of nitrogens with one attached hydrogen (secondary N) is 2. The van der Waals surface area contributed by atoms with Crippen molar-refractivity contribution in [3.63, 3.8) is 0 Å². The van der Waals surface area contributed by atoms with Crippen LogP contribution in [0.2, 0.25) is 0 Å². The Bertz CT molecular complexity index is 226. The predicted octanol–water partition coefficient (Wildman–Crippen LogP) is 1.43. The predicted molar refractivity (Wildman–Crippen MR) is 60.6 cm³/mol. The Balaban J connectivity index is 1.65. The number of carbonyl (C=O) groups excluding carboxylic acids is 1. The Labute approximate surface area is 92.0 Å².